The average molecular weight is 487 g/mol. The number of aromatic nitrogens is 1. The van der Waals surface area contributed by atoms with Crippen LogP contribution in [-0.2, 0) is 9.59 Å². The summed E-state index contributed by atoms with van der Waals surface area (Å²) in [6, 6.07) is 18.8. The summed E-state index contributed by atoms with van der Waals surface area (Å²) in [6.07, 6.45) is 0. The summed E-state index contributed by atoms with van der Waals surface area (Å²) in [4.78, 5) is 32.8. The number of thiazole rings is 1. The molecule has 2 heterocycles. The van der Waals surface area contributed by atoms with Gasteiger partial charge in [0.1, 0.15) is 17.3 Å². The van der Waals surface area contributed by atoms with Gasteiger partial charge < -0.3 is 14.6 Å². The Hall–Kier alpha value is -4.17. The number of amides is 1. The third-order valence-electron chi connectivity index (χ3n) is 5.95. The van der Waals surface area contributed by atoms with Crippen LogP contribution in [0.25, 0.3) is 16.0 Å². The molecule has 3 aromatic carbocycles. The Labute approximate surface area is 205 Å². The highest BCUT2D eigenvalue weighted by molar-refractivity contribution is 7.22. The molecule has 1 saturated heterocycles. The van der Waals surface area contributed by atoms with Crippen LogP contribution in [-0.4, -0.2) is 36.0 Å². The smallest absolute Gasteiger partial charge is 0.301 e. The lowest BCUT2D eigenvalue weighted by atomic mass is 9.95. The van der Waals surface area contributed by atoms with Crippen molar-refractivity contribution in [1.82, 2.24) is 4.98 Å². The highest BCUT2D eigenvalue weighted by Gasteiger charge is 2.48. The zero-order chi connectivity index (χ0) is 24.7. The molecule has 7 nitrogen and oxygen atoms in total. The molecule has 176 valence electrons. The van der Waals surface area contributed by atoms with Crippen LogP contribution < -0.4 is 14.4 Å². The Morgan fingerprint density at radius 2 is 1.80 bits per heavy atom. The molecule has 0 radical (unpaired) electrons. The first-order chi connectivity index (χ1) is 16.9. The Bertz CT molecular complexity index is 1510. The first-order valence-electron chi connectivity index (χ1n) is 10.9. The molecule has 8 heteroatoms. The number of nitrogens with zero attached hydrogens (tertiary/aromatic N) is 2. The van der Waals surface area contributed by atoms with E-state index in [1.807, 2.05) is 25.1 Å². The van der Waals surface area contributed by atoms with E-state index < -0.39 is 17.7 Å². The first-order valence-corrected chi connectivity index (χ1v) is 11.7. The van der Waals surface area contributed by atoms with Crippen molar-refractivity contribution in [1.29, 1.82) is 0 Å². The lowest BCUT2D eigenvalue weighted by Gasteiger charge is -2.23. The maximum absolute atomic E-state index is 13.4. The molecule has 1 atom stereocenters. The van der Waals surface area contributed by atoms with Crippen LogP contribution >= 0.6 is 11.3 Å². The van der Waals surface area contributed by atoms with Crippen LogP contribution in [0, 0.1) is 6.92 Å². The quantitative estimate of drug-likeness (QED) is 0.236. The van der Waals surface area contributed by atoms with Gasteiger partial charge in [0.2, 0.25) is 0 Å². The number of aliphatic hydroxyl groups excluding tert-OH is 1. The van der Waals surface area contributed by atoms with E-state index in [4.69, 9.17) is 9.47 Å². The fourth-order valence-corrected chi connectivity index (χ4v) is 5.36. The number of aliphatic hydroxyl groups is 1. The Kier molecular flexibility index (Phi) is 5.74. The van der Waals surface area contributed by atoms with Gasteiger partial charge in [0.15, 0.2) is 5.13 Å². The van der Waals surface area contributed by atoms with E-state index in [1.165, 1.54) is 23.3 Å². The summed E-state index contributed by atoms with van der Waals surface area (Å²) in [5, 5.41) is 11.7. The monoisotopic (exact) mass is 486 g/mol. The minimum absolute atomic E-state index is 0.0387. The van der Waals surface area contributed by atoms with Crippen LogP contribution in [0.5, 0.6) is 11.5 Å². The van der Waals surface area contributed by atoms with Gasteiger partial charge in [0.25, 0.3) is 5.78 Å². The number of carbonyl (C=O) groups excluding carboxylic acids is 2. The molecule has 0 aliphatic carbocycles. The van der Waals surface area contributed by atoms with Crippen LogP contribution in [0.4, 0.5) is 5.13 Å². The third-order valence-corrected chi connectivity index (χ3v) is 6.97. The number of fused-ring (bicyclic) bond motifs is 1. The molecule has 1 N–H and O–H groups in total. The van der Waals surface area contributed by atoms with Gasteiger partial charge in [-0.2, -0.15) is 0 Å². The molecule has 1 fully saturated rings. The van der Waals surface area contributed by atoms with Gasteiger partial charge in [-0.25, -0.2) is 4.98 Å². The van der Waals surface area contributed by atoms with Gasteiger partial charge in [-0.15, -0.1) is 0 Å². The number of benzene rings is 3. The van der Waals surface area contributed by atoms with Crippen molar-refractivity contribution in [3.63, 3.8) is 0 Å². The van der Waals surface area contributed by atoms with E-state index in [9.17, 15) is 14.7 Å². The van der Waals surface area contributed by atoms with Crippen molar-refractivity contribution in [2.45, 2.75) is 13.0 Å². The molecule has 1 aliphatic rings. The van der Waals surface area contributed by atoms with Gasteiger partial charge in [-0.1, -0.05) is 41.7 Å². The van der Waals surface area contributed by atoms with E-state index in [1.54, 1.807) is 55.6 Å². The highest BCUT2D eigenvalue weighted by Crippen LogP contribution is 2.45. The van der Waals surface area contributed by atoms with E-state index in [0.717, 1.165) is 15.8 Å². The van der Waals surface area contributed by atoms with Crippen LogP contribution in [0.2, 0.25) is 0 Å². The number of aryl methyl sites for hydroxylation is 1. The van der Waals surface area contributed by atoms with Crippen molar-refractivity contribution in [3.8, 4) is 11.5 Å². The molecule has 4 aromatic rings. The minimum atomic E-state index is -0.906. The molecule has 0 spiro atoms. The third kappa shape index (κ3) is 3.81. The van der Waals surface area contributed by atoms with Gasteiger partial charge in [-0.3, -0.25) is 14.5 Å². The SMILES string of the molecule is COc1cccc(C2/C(=C(\O)c3ccccc3OC)C(=O)C(=O)N2c2nc3ccc(C)cc3s2)c1. The van der Waals surface area contributed by atoms with Crippen molar-refractivity contribution in [3.05, 3.63) is 89.0 Å². The van der Waals surface area contributed by atoms with E-state index in [0.29, 0.717) is 27.8 Å². The number of ether oxygens (including phenoxy) is 2. The number of hydrogen-bond donors (Lipinski definition) is 1. The number of rotatable bonds is 5. The normalized spacial score (nSPS) is 17.2. The zero-order valence-electron chi connectivity index (χ0n) is 19.3. The summed E-state index contributed by atoms with van der Waals surface area (Å²) in [7, 11) is 3.02. The Morgan fingerprint density at radius 3 is 2.57 bits per heavy atom. The molecule has 5 rings (SSSR count). The predicted octanol–water partition coefficient (Wildman–Crippen LogP) is 5.25. The second-order valence-corrected chi connectivity index (χ2v) is 9.12. The Balaban J connectivity index is 1.76. The fraction of sp³-hybridized carbons (Fsp3) is 0.148. The molecule has 0 bridgehead atoms. The largest absolute Gasteiger partial charge is 0.507 e. The van der Waals surface area contributed by atoms with Crippen LogP contribution in [0.15, 0.2) is 72.3 Å². The van der Waals surface area contributed by atoms with E-state index in [2.05, 4.69) is 4.98 Å². The van der Waals surface area contributed by atoms with Gasteiger partial charge in [0, 0.05) is 0 Å². The fourth-order valence-electron chi connectivity index (χ4n) is 4.26. The number of carbonyl (C=O) groups is 2. The number of ketones is 1. The molecule has 1 unspecified atom stereocenters. The molecular weight excluding hydrogens is 464 g/mol. The first kappa shape index (κ1) is 22.6. The predicted molar refractivity (Wildman–Crippen MR) is 135 cm³/mol. The second-order valence-electron chi connectivity index (χ2n) is 8.11. The maximum atomic E-state index is 13.4. The van der Waals surface area contributed by atoms with Gasteiger partial charge in [0.05, 0.1) is 41.6 Å². The molecular formula is C27H22N2O5S. The molecule has 1 aliphatic heterocycles. The number of Topliss-reactive ketones (excluding diaryl/α,β-unsaturated/α-hetero) is 1. The second kappa shape index (κ2) is 8.88. The van der Waals surface area contributed by atoms with E-state index in [-0.39, 0.29) is 11.3 Å². The standard InChI is InChI=1S/C27H22N2O5S/c1-15-11-12-19-21(13-15)35-27(28-19)29-23(16-7-6-8-17(14-16)33-2)22(25(31)26(29)32)24(30)18-9-4-5-10-20(18)34-3/h4-14,23,30H,1-3H3/b24-22+. The molecule has 0 saturated carbocycles. The maximum Gasteiger partial charge on any atom is 0.301 e. The topological polar surface area (TPSA) is 89.0 Å². The summed E-state index contributed by atoms with van der Waals surface area (Å²) in [6.45, 7) is 1.98. The summed E-state index contributed by atoms with van der Waals surface area (Å²) < 4.78 is 11.7. The lowest BCUT2D eigenvalue weighted by molar-refractivity contribution is -0.132. The van der Waals surface area contributed by atoms with Crippen molar-refractivity contribution < 1.29 is 24.2 Å². The van der Waals surface area contributed by atoms with Crippen LogP contribution in [0.1, 0.15) is 22.7 Å². The number of para-hydroxylation sites is 1. The van der Waals surface area contributed by atoms with Gasteiger partial charge >= 0.3 is 5.91 Å². The Morgan fingerprint density at radius 1 is 1.00 bits per heavy atom. The summed E-state index contributed by atoms with van der Waals surface area (Å²) in [5.41, 5.74) is 2.68. The molecule has 35 heavy (non-hydrogen) atoms. The zero-order valence-corrected chi connectivity index (χ0v) is 20.1. The lowest BCUT2D eigenvalue weighted by Crippen LogP contribution is -2.29. The molecule has 1 aromatic heterocycles. The van der Waals surface area contributed by atoms with Crippen molar-refractivity contribution in [2.75, 3.05) is 19.1 Å². The van der Waals surface area contributed by atoms with Crippen LogP contribution in [0.3, 0.4) is 0 Å². The average Bonchev–Trinajstić information content (AvgIpc) is 3.41. The summed E-state index contributed by atoms with van der Waals surface area (Å²) in [5.74, 6) is -0.920. The highest BCUT2D eigenvalue weighted by atomic mass is 32.1. The minimum Gasteiger partial charge on any atom is -0.507 e. The van der Waals surface area contributed by atoms with Gasteiger partial charge in [-0.05, 0) is 54.4 Å². The number of methoxy groups -OCH3 is 2. The number of hydrogen-bond acceptors (Lipinski definition) is 7. The van der Waals surface area contributed by atoms with Crippen molar-refractivity contribution in [2.24, 2.45) is 0 Å². The summed E-state index contributed by atoms with van der Waals surface area (Å²) >= 11 is 1.32. The number of anilines is 1. The molecule has 1 amide bonds. The van der Waals surface area contributed by atoms with E-state index >= 15 is 0 Å². The van der Waals surface area contributed by atoms with Crippen molar-refractivity contribution >= 4 is 44.1 Å².